The van der Waals surface area contributed by atoms with Gasteiger partial charge in [0.05, 0.1) is 6.61 Å². The zero-order valence-corrected chi connectivity index (χ0v) is 9.62. The van der Waals surface area contributed by atoms with E-state index < -0.39 is 0 Å². The third kappa shape index (κ3) is 3.53. The van der Waals surface area contributed by atoms with E-state index in [2.05, 4.69) is 18.3 Å². The Morgan fingerprint density at radius 2 is 2.00 bits per heavy atom. The fourth-order valence-corrected chi connectivity index (χ4v) is 1.36. The molecule has 1 unspecified atom stereocenters. The minimum absolute atomic E-state index is 0.295. The van der Waals surface area contributed by atoms with E-state index in [1.54, 1.807) is 7.11 Å². The van der Waals surface area contributed by atoms with Crippen molar-refractivity contribution in [3.05, 3.63) is 29.8 Å². The molecule has 0 bridgehead atoms. The lowest BCUT2D eigenvalue weighted by Crippen LogP contribution is -2.14. The third-order valence-corrected chi connectivity index (χ3v) is 2.36. The summed E-state index contributed by atoms with van der Waals surface area (Å²) in [6, 6.07) is 8.35. The topological polar surface area (TPSA) is 30.5 Å². The second kappa shape index (κ2) is 6.43. The molecule has 0 saturated heterocycles. The van der Waals surface area contributed by atoms with E-state index in [1.807, 2.05) is 25.2 Å². The number of rotatable bonds is 6. The van der Waals surface area contributed by atoms with Gasteiger partial charge in [-0.3, -0.25) is 0 Å². The Bertz CT molecular complexity index is 289. The molecule has 1 atom stereocenters. The number of hydrogen-bond donors (Lipinski definition) is 1. The Kier molecular flexibility index (Phi) is 5.15. The van der Waals surface area contributed by atoms with Crippen LogP contribution in [0, 0.1) is 0 Å². The predicted molar refractivity (Wildman–Crippen MR) is 61.3 cm³/mol. The van der Waals surface area contributed by atoms with Gasteiger partial charge >= 0.3 is 0 Å². The quantitative estimate of drug-likeness (QED) is 0.727. The van der Waals surface area contributed by atoms with Crippen LogP contribution in [0.15, 0.2) is 24.3 Å². The highest BCUT2D eigenvalue weighted by Gasteiger charge is 2.08. The van der Waals surface area contributed by atoms with E-state index in [0.29, 0.717) is 19.3 Å². The number of para-hydroxylation sites is 1. The van der Waals surface area contributed by atoms with Crippen LogP contribution in [-0.4, -0.2) is 27.4 Å². The van der Waals surface area contributed by atoms with Crippen LogP contribution in [0.4, 0.5) is 0 Å². The van der Waals surface area contributed by atoms with E-state index in [9.17, 15) is 0 Å². The zero-order chi connectivity index (χ0) is 11.1. The first-order chi connectivity index (χ1) is 7.29. The summed E-state index contributed by atoms with van der Waals surface area (Å²) in [5, 5.41) is 3.20. The van der Waals surface area contributed by atoms with Crippen molar-refractivity contribution in [3.63, 3.8) is 0 Å². The number of nitrogens with one attached hydrogen (secondary N) is 1. The normalized spacial score (nSPS) is 12.5. The standard InChI is InChI=1S/C12H19NO2/c1-10(13-2)11-6-4-5-7-12(11)15-9-8-14-3/h4-7,10,13H,8-9H2,1-3H3. The van der Waals surface area contributed by atoms with Gasteiger partial charge in [-0.25, -0.2) is 0 Å². The van der Waals surface area contributed by atoms with Crippen molar-refractivity contribution in [1.82, 2.24) is 5.32 Å². The average molecular weight is 209 g/mol. The smallest absolute Gasteiger partial charge is 0.124 e. The van der Waals surface area contributed by atoms with Crippen LogP contribution in [0.25, 0.3) is 0 Å². The molecule has 0 radical (unpaired) electrons. The molecule has 0 saturated carbocycles. The van der Waals surface area contributed by atoms with Crippen molar-refractivity contribution >= 4 is 0 Å². The maximum atomic E-state index is 5.64. The van der Waals surface area contributed by atoms with Gasteiger partial charge in [0.1, 0.15) is 12.4 Å². The van der Waals surface area contributed by atoms with E-state index in [0.717, 1.165) is 5.75 Å². The molecule has 3 nitrogen and oxygen atoms in total. The van der Waals surface area contributed by atoms with Crippen LogP contribution in [0.1, 0.15) is 18.5 Å². The first-order valence-electron chi connectivity index (χ1n) is 5.17. The highest BCUT2D eigenvalue weighted by Crippen LogP contribution is 2.24. The third-order valence-electron chi connectivity index (χ3n) is 2.36. The van der Waals surface area contributed by atoms with Gasteiger partial charge in [-0.2, -0.15) is 0 Å². The van der Waals surface area contributed by atoms with Gasteiger partial charge in [0, 0.05) is 18.7 Å². The van der Waals surface area contributed by atoms with Gasteiger partial charge in [-0.1, -0.05) is 18.2 Å². The van der Waals surface area contributed by atoms with Crippen molar-refractivity contribution in [2.45, 2.75) is 13.0 Å². The lowest BCUT2D eigenvalue weighted by molar-refractivity contribution is 0.145. The van der Waals surface area contributed by atoms with Gasteiger partial charge in [0.15, 0.2) is 0 Å². The highest BCUT2D eigenvalue weighted by molar-refractivity contribution is 5.35. The Labute approximate surface area is 91.4 Å². The highest BCUT2D eigenvalue weighted by atomic mass is 16.5. The molecule has 3 heteroatoms. The second-order valence-electron chi connectivity index (χ2n) is 3.39. The molecule has 0 heterocycles. The summed E-state index contributed by atoms with van der Waals surface area (Å²) in [4.78, 5) is 0. The largest absolute Gasteiger partial charge is 0.491 e. The van der Waals surface area contributed by atoms with E-state index in [-0.39, 0.29) is 0 Å². The van der Waals surface area contributed by atoms with Crippen molar-refractivity contribution in [1.29, 1.82) is 0 Å². The first kappa shape index (κ1) is 12.0. The van der Waals surface area contributed by atoms with Crippen LogP contribution in [-0.2, 0) is 4.74 Å². The van der Waals surface area contributed by atoms with Gasteiger partial charge in [-0.05, 0) is 20.0 Å². The summed E-state index contributed by atoms with van der Waals surface area (Å²) in [6.45, 7) is 3.31. The van der Waals surface area contributed by atoms with Crippen LogP contribution >= 0.6 is 0 Å². The fourth-order valence-electron chi connectivity index (χ4n) is 1.36. The van der Waals surface area contributed by atoms with Gasteiger partial charge < -0.3 is 14.8 Å². The van der Waals surface area contributed by atoms with E-state index in [4.69, 9.17) is 9.47 Å². The SMILES string of the molecule is CNC(C)c1ccccc1OCCOC. The molecule has 0 aliphatic rings. The maximum absolute atomic E-state index is 5.64. The second-order valence-corrected chi connectivity index (χ2v) is 3.39. The molecule has 0 spiro atoms. The van der Waals surface area contributed by atoms with Crippen LogP contribution < -0.4 is 10.1 Å². The molecule has 1 aromatic rings. The molecule has 0 aromatic heterocycles. The van der Waals surface area contributed by atoms with Gasteiger partial charge in [0.2, 0.25) is 0 Å². The van der Waals surface area contributed by atoms with Crippen molar-refractivity contribution in [3.8, 4) is 5.75 Å². The molecular weight excluding hydrogens is 190 g/mol. The lowest BCUT2D eigenvalue weighted by Gasteiger charge is -2.16. The van der Waals surface area contributed by atoms with E-state index in [1.165, 1.54) is 5.56 Å². The summed E-state index contributed by atoms with van der Waals surface area (Å²) >= 11 is 0. The summed E-state index contributed by atoms with van der Waals surface area (Å²) in [7, 11) is 3.61. The molecule has 1 rings (SSSR count). The summed E-state index contributed by atoms with van der Waals surface area (Å²) in [5.74, 6) is 0.927. The number of benzene rings is 1. The number of methoxy groups -OCH3 is 1. The Hall–Kier alpha value is -1.06. The van der Waals surface area contributed by atoms with Crippen LogP contribution in [0.5, 0.6) is 5.75 Å². The fraction of sp³-hybridized carbons (Fsp3) is 0.500. The van der Waals surface area contributed by atoms with Crippen LogP contribution in [0.2, 0.25) is 0 Å². The van der Waals surface area contributed by atoms with Gasteiger partial charge in [0.25, 0.3) is 0 Å². The van der Waals surface area contributed by atoms with Crippen molar-refractivity contribution in [2.75, 3.05) is 27.4 Å². The minimum Gasteiger partial charge on any atom is -0.491 e. The molecule has 1 aromatic carbocycles. The summed E-state index contributed by atoms with van der Waals surface area (Å²) in [5.41, 5.74) is 1.18. The number of ether oxygens (including phenoxy) is 2. The Morgan fingerprint density at radius 3 is 2.67 bits per heavy atom. The van der Waals surface area contributed by atoms with Crippen molar-refractivity contribution in [2.24, 2.45) is 0 Å². The molecule has 84 valence electrons. The summed E-state index contributed by atoms with van der Waals surface area (Å²) in [6.07, 6.45) is 0. The molecule has 15 heavy (non-hydrogen) atoms. The number of hydrogen-bond acceptors (Lipinski definition) is 3. The zero-order valence-electron chi connectivity index (χ0n) is 9.62. The van der Waals surface area contributed by atoms with Gasteiger partial charge in [-0.15, -0.1) is 0 Å². The molecule has 1 N–H and O–H groups in total. The average Bonchev–Trinajstić information content (AvgIpc) is 2.29. The minimum atomic E-state index is 0.295. The molecule has 0 amide bonds. The molecular formula is C12H19NO2. The maximum Gasteiger partial charge on any atom is 0.124 e. The lowest BCUT2D eigenvalue weighted by atomic mass is 10.1. The molecule has 0 aliphatic carbocycles. The summed E-state index contributed by atoms with van der Waals surface area (Å²) < 4.78 is 10.6. The first-order valence-corrected chi connectivity index (χ1v) is 5.17. The van der Waals surface area contributed by atoms with E-state index >= 15 is 0 Å². The molecule has 0 aliphatic heterocycles. The predicted octanol–water partition coefficient (Wildman–Crippen LogP) is 1.99. The monoisotopic (exact) mass is 209 g/mol. The Balaban J connectivity index is 2.68. The van der Waals surface area contributed by atoms with Crippen LogP contribution in [0.3, 0.4) is 0 Å². The molecule has 0 fully saturated rings. The van der Waals surface area contributed by atoms with Crippen molar-refractivity contribution < 1.29 is 9.47 Å². The Morgan fingerprint density at radius 1 is 1.27 bits per heavy atom.